The van der Waals surface area contributed by atoms with Gasteiger partial charge < -0.3 is 9.80 Å². The standard InChI is InChI=1S/C21H22FN3O2/c22-18-5-1-4-16(11-18)21(27)24-10-8-19-17(14-24)6-7-20(26)25(19)13-15-3-2-9-23-12-15/h1-5,9,11-12,17,19H,6-8,10,13-14H2/t17-,19+/m0/s1. The highest BCUT2D eigenvalue weighted by Crippen LogP contribution is 2.32. The van der Waals surface area contributed by atoms with Gasteiger partial charge in [-0.15, -0.1) is 0 Å². The van der Waals surface area contributed by atoms with E-state index in [4.69, 9.17) is 0 Å². The molecule has 140 valence electrons. The molecule has 4 rings (SSSR count). The van der Waals surface area contributed by atoms with Gasteiger partial charge in [-0.1, -0.05) is 12.1 Å². The quantitative estimate of drug-likeness (QED) is 0.838. The molecule has 0 bridgehead atoms. The zero-order valence-corrected chi connectivity index (χ0v) is 15.1. The van der Waals surface area contributed by atoms with Crippen LogP contribution in [0.25, 0.3) is 0 Å². The Bertz CT molecular complexity index is 842. The van der Waals surface area contributed by atoms with Gasteiger partial charge in [0.05, 0.1) is 0 Å². The van der Waals surface area contributed by atoms with Crippen LogP contribution in [0.1, 0.15) is 35.2 Å². The van der Waals surface area contributed by atoms with Gasteiger partial charge in [-0.05, 0) is 48.6 Å². The molecule has 2 amide bonds. The van der Waals surface area contributed by atoms with Gasteiger partial charge in [0.25, 0.3) is 5.91 Å². The number of pyridine rings is 1. The molecule has 2 atom stereocenters. The highest BCUT2D eigenvalue weighted by atomic mass is 19.1. The van der Waals surface area contributed by atoms with Gasteiger partial charge in [0.1, 0.15) is 5.82 Å². The van der Waals surface area contributed by atoms with Crippen LogP contribution in [0.5, 0.6) is 0 Å². The lowest BCUT2D eigenvalue weighted by atomic mass is 9.83. The third-order valence-corrected chi connectivity index (χ3v) is 5.58. The summed E-state index contributed by atoms with van der Waals surface area (Å²) in [5.74, 6) is -0.110. The molecule has 5 nitrogen and oxygen atoms in total. The number of likely N-dealkylation sites (tertiary alicyclic amines) is 2. The fourth-order valence-electron chi connectivity index (χ4n) is 4.23. The molecule has 27 heavy (non-hydrogen) atoms. The smallest absolute Gasteiger partial charge is 0.253 e. The summed E-state index contributed by atoms with van der Waals surface area (Å²) in [6.45, 7) is 1.75. The molecule has 0 unspecified atom stereocenters. The van der Waals surface area contributed by atoms with Gasteiger partial charge in [-0.25, -0.2) is 4.39 Å². The lowest BCUT2D eigenvalue weighted by Gasteiger charge is -2.47. The van der Waals surface area contributed by atoms with Crippen molar-refractivity contribution >= 4 is 11.8 Å². The van der Waals surface area contributed by atoms with Crippen LogP contribution in [-0.4, -0.2) is 45.7 Å². The Hall–Kier alpha value is -2.76. The molecule has 0 spiro atoms. The lowest BCUT2D eigenvalue weighted by molar-refractivity contribution is -0.141. The molecular formula is C21H22FN3O2. The van der Waals surface area contributed by atoms with Crippen LogP contribution in [0.2, 0.25) is 0 Å². The number of carbonyl (C=O) groups is 2. The summed E-state index contributed by atoms with van der Waals surface area (Å²) in [7, 11) is 0. The summed E-state index contributed by atoms with van der Waals surface area (Å²) in [5, 5.41) is 0. The van der Waals surface area contributed by atoms with E-state index >= 15 is 0 Å². The molecule has 3 heterocycles. The molecule has 2 aliphatic heterocycles. The lowest BCUT2D eigenvalue weighted by Crippen LogP contribution is -2.56. The molecule has 1 aromatic carbocycles. The molecule has 2 aromatic rings. The number of hydrogen-bond donors (Lipinski definition) is 0. The highest BCUT2D eigenvalue weighted by molar-refractivity contribution is 5.94. The van der Waals surface area contributed by atoms with Crippen LogP contribution in [0.15, 0.2) is 48.8 Å². The largest absolute Gasteiger partial charge is 0.338 e. The average Bonchev–Trinajstić information content (AvgIpc) is 2.70. The number of amides is 2. The first-order chi connectivity index (χ1) is 13.1. The van der Waals surface area contributed by atoms with Crippen LogP contribution in [-0.2, 0) is 11.3 Å². The maximum Gasteiger partial charge on any atom is 0.253 e. The third-order valence-electron chi connectivity index (χ3n) is 5.58. The maximum absolute atomic E-state index is 13.4. The summed E-state index contributed by atoms with van der Waals surface area (Å²) in [5.41, 5.74) is 1.40. The SMILES string of the molecule is O=C(c1cccc(F)c1)N1CC[C@@H]2[C@@H](CCC(=O)N2Cc2cccnc2)C1. The van der Waals surface area contributed by atoms with Crippen molar-refractivity contribution < 1.29 is 14.0 Å². The Balaban J connectivity index is 1.47. The number of halogens is 1. The van der Waals surface area contributed by atoms with E-state index in [0.29, 0.717) is 31.6 Å². The number of hydrogen-bond acceptors (Lipinski definition) is 3. The monoisotopic (exact) mass is 367 g/mol. The minimum Gasteiger partial charge on any atom is -0.338 e. The minimum atomic E-state index is -0.401. The predicted molar refractivity (Wildman–Crippen MR) is 98.2 cm³/mol. The Labute approximate surface area is 157 Å². The zero-order chi connectivity index (χ0) is 18.8. The number of piperidine rings is 2. The Morgan fingerprint density at radius 1 is 1.22 bits per heavy atom. The molecule has 2 fully saturated rings. The Morgan fingerprint density at radius 3 is 2.89 bits per heavy atom. The van der Waals surface area contributed by atoms with Crippen molar-refractivity contribution in [3.05, 3.63) is 65.7 Å². The van der Waals surface area contributed by atoms with Crippen LogP contribution in [0, 0.1) is 11.7 Å². The van der Waals surface area contributed by atoms with Gasteiger partial charge in [-0.2, -0.15) is 0 Å². The maximum atomic E-state index is 13.4. The van der Waals surface area contributed by atoms with E-state index < -0.39 is 5.82 Å². The topological polar surface area (TPSA) is 53.5 Å². The second-order valence-electron chi connectivity index (χ2n) is 7.30. The molecule has 2 aliphatic rings. The molecular weight excluding hydrogens is 345 g/mol. The van der Waals surface area contributed by atoms with E-state index in [1.165, 1.54) is 12.1 Å². The van der Waals surface area contributed by atoms with Crippen LogP contribution < -0.4 is 0 Å². The number of fused-ring (bicyclic) bond motifs is 1. The number of rotatable bonds is 3. The first-order valence-corrected chi connectivity index (χ1v) is 9.35. The summed E-state index contributed by atoms with van der Waals surface area (Å²) in [6, 6.07) is 9.83. The molecule has 0 saturated carbocycles. The summed E-state index contributed by atoms with van der Waals surface area (Å²) in [6.07, 6.45) is 5.56. The Kier molecular flexibility index (Phi) is 4.88. The van der Waals surface area contributed by atoms with Crippen molar-refractivity contribution in [1.82, 2.24) is 14.8 Å². The van der Waals surface area contributed by atoms with E-state index in [2.05, 4.69) is 4.98 Å². The number of benzene rings is 1. The van der Waals surface area contributed by atoms with E-state index in [-0.39, 0.29) is 23.8 Å². The molecule has 0 aliphatic carbocycles. The highest BCUT2D eigenvalue weighted by Gasteiger charge is 2.40. The predicted octanol–water partition coefficient (Wildman–Crippen LogP) is 2.87. The van der Waals surface area contributed by atoms with E-state index in [9.17, 15) is 14.0 Å². The Morgan fingerprint density at radius 2 is 2.11 bits per heavy atom. The van der Waals surface area contributed by atoms with E-state index in [1.807, 2.05) is 17.0 Å². The van der Waals surface area contributed by atoms with Crippen molar-refractivity contribution in [2.24, 2.45) is 5.92 Å². The fraction of sp³-hybridized carbons (Fsp3) is 0.381. The van der Waals surface area contributed by atoms with Crippen molar-refractivity contribution in [3.63, 3.8) is 0 Å². The van der Waals surface area contributed by atoms with Crippen LogP contribution >= 0.6 is 0 Å². The average molecular weight is 367 g/mol. The van der Waals surface area contributed by atoms with Gasteiger partial charge in [-0.3, -0.25) is 14.6 Å². The molecule has 6 heteroatoms. The van der Waals surface area contributed by atoms with E-state index in [0.717, 1.165) is 18.4 Å². The van der Waals surface area contributed by atoms with Crippen LogP contribution in [0.4, 0.5) is 4.39 Å². The number of carbonyl (C=O) groups excluding carboxylic acids is 2. The summed E-state index contributed by atoms with van der Waals surface area (Å²) >= 11 is 0. The first kappa shape index (κ1) is 17.6. The summed E-state index contributed by atoms with van der Waals surface area (Å²) < 4.78 is 13.4. The van der Waals surface area contributed by atoms with Gasteiger partial charge in [0.15, 0.2) is 0 Å². The van der Waals surface area contributed by atoms with Crippen molar-refractivity contribution in [1.29, 1.82) is 0 Å². The number of aromatic nitrogens is 1. The van der Waals surface area contributed by atoms with Gasteiger partial charge in [0.2, 0.25) is 5.91 Å². The third kappa shape index (κ3) is 3.70. The normalized spacial score (nSPS) is 22.5. The van der Waals surface area contributed by atoms with Gasteiger partial charge >= 0.3 is 0 Å². The van der Waals surface area contributed by atoms with Crippen molar-refractivity contribution in [2.45, 2.75) is 31.8 Å². The second-order valence-corrected chi connectivity index (χ2v) is 7.30. The summed E-state index contributed by atoms with van der Waals surface area (Å²) in [4.78, 5) is 33.1. The minimum absolute atomic E-state index is 0.136. The molecule has 0 radical (unpaired) electrons. The molecule has 2 saturated heterocycles. The van der Waals surface area contributed by atoms with Gasteiger partial charge in [0, 0.05) is 50.1 Å². The fourth-order valence-corrected chi connectivity index (χ4v) is 4.23. The first-order valence-electron chi connectivity index (χ1n) is 9.35. The zero-order valence-electron chi connectivity index (χ0n) is 15.1. The number of nitrogens with zero attached hydrogens (tertiary/aromatic N) is 3. The molecule has 1 aromatic heterocycles. The van der Waals surface area contributed by atoms with E-state index in [1.54, 1.807) is 29.4 Å². The van der Waals surface area contributed by atoms with Crippen molar-refractivity contribution in [2.75, 3.05) is 13.1 Å². The van der Waals surface area contributed by atoms with Crippen molar-refractivity contribution in [3.8, 4) is 0 Å². The second kappa shape index (κ2) is 7.47. The van der Waals surface area contributed by atoms with Crippen LogP contribution in [0.3, 0.4) is 0 Å². The molecule has 0 N–H and O–H groups in total.